The lowest BCUT2D eigenvalue weighted by atomic mass is 9.66. The summed E-state index contributed by atoms with van der Waals surface area (Å²) in [4.78, 5) is 19.9. The Hall–Kier alpha value is -0.710. The molecule has 1 rings (SSSR count). The van der Waals surface area contributed by atoms with Crippen LogP contribution in [0.15, 0.2) is 12.1 Å². The van der Waals surface area contributed by atoms with E-state index < -0.39 is 19.3 Å². The van der Waals surface area contributed by atoms with Gasteiger partial charge in [0.1, 0.15) is 6.10 Å². The minimum atomic E-state index is -4.83. The number of unbranched alkanes of at least 4 members (excludes halogenated alkanes) is 1. The van der Waals surface area contributed by atoms with Gasteiger partial charge in [0.25, 0.3) is 0 Å². The van der Waals surface area contributed by atoms with E-state index in [0.717, 1.165) is 29.5 Å². The summed E-state index contributed by atoms with van der Waals surface area (Å²) in [6.07, 6.45) is 2.00. The van der Waals surface area contributed by atoms with Gasteiger partial charge in [0, 0.05) is 5.41 Å². The number of hydrogen-bond donors (Lipinski definition) is 3. The molecule has 0 aliphatic rings. The van der Waals surface area contributed by atoms with Gasteiger partial charge in [-0.1, -0.05) is 101 Å². The second-order valence-corrected chi connectivity index (χ2v) is 13.9. The van der Waals surface area contributed by atoms with E-state index in [4.69, 9.17) is 4.52 Å². The lowest BCUT2D eigenvalue weighted by molar-refractivity contribution is -0.0294. The first-order valence-electron chi connectivity index (χ1n) is 12.3. The minimum Gasteiger partial charge on any atom is -0.396 e. The maximum absolute atomic E-state index is 12.2. The van der Waals surface area contributed by atoms with Crippen molar-refractivity contribution in [2.45, 2.75) is 124 Å². The minimum absolute atomic E-state index is 0.109. The van der Waals surface area contributed by atoms with Crippen molar-refractivity contribution in [2.75, 3.05) is 6.61 Å². The Balaban J connectivity index is 4.16. The molecule has 0 spiro atoms. The normalized spacial score (nSPS) is 16.5. The molecule has 0 fully saturated rings. The van der Waals surface area contributed by atoms with Crippen LogP contribution in [-0.2, 0) is 25.3 Å². The molecule has 0 radical (unpaired) electrons. The number of aliphatic hydroxyl groups is 1. The summed E-state index contributed by atoms with van der Waals surface area (Å²) < 4.78 is 17.8. The van der Waals surface area contributed by atoms with Crippen LogP contribution < -0.4 is 0 Å². The second-order valence-electron chi connectivity index (χ2n) is 12.7. The zero-order valence-corrected chi connectivity index (χ0v) is 23.8. The summed E-state index contributed by atoms with van der Waals surface area (Å²) in [6.45, 7) is 23.2. The number of benzene rings is 1. The highest BCUT2D eigenvalue weighted by Crippen LogP contribution is 2.55. The Kier molecular flexibility index (Phi) is 9.65. The Morgan fingerprint density at radius 1 is 0.848 bits per heavy atom. The molecule has 0 aliphatic carbocycles. The quantitative estimate of drug-likeness (QED) is 0.320. The molecule has 3 N–H and O–H groups in total. The van der Waals surface area contributed by atoms with Crippen LogP contribution in [0.25, 0.3) is 0 Å². The molecule has 5 nitrogen and oxygen atoms in total. The maximum atomic E-state index is 12.2. The van der Waals surface area contributed by atoms with E-state index in [2.05, 4.69) is 81.4 Å². The average Bonchev–Trinajstić information content (AvgIpc) is 2.64. The first-order valence-corrected chi connectivity index (χ1v) is 13.8. The standard InChI is InChI=1S/C27H49O5P/c1-12-14-15-27(13-2,18-28)23(32-33(29,30)31)19-16-21(25(6,7)8)22(26(9,10)11)17-20(19)24(3,4)5/h16-17,23,28H,12-15,18H2,1-11H3,(H2,29,30,31). The van der Waals surface area contributed by atoms with Crippen LogP contribution in [-0.4, -0.2) is 21.5 Å². The highest BCUT2D eigenvalue weighted by Gasteiger charge is 2.44. The third-order valence-electron chi connectivity index (χ3n) is 6.74. The average molecular weight is 485 g/mol. The van der Waals surface area contributed by atoms with Crippen LogP contribution in [0.5, 0.6) is 0 Å². The summed E-state index contributed by atoms with van der Waals surface area (Å²) in [7, 11) is -4.83. The maximum Gasteiger partial charge on any atom is 0.470 e. The van der Waals surface area contributed by atoms with E-state index in [1.54, 1.807) is 0 Å². The van der Waals surface area contributed by atoms with Crippen LogP contribution in [0.3, 0.4) is 0 Å². The summed E-state index contributed by atoms with van der Waals surface area (Å²) in [6, 6.07) is 4.32. The van der Waals surface area contributed by atoms with E-state index in [1.807, 2.05) is 6.92 Å². The lowest BCUT2D eigenvalue weighted by Gasteiger charge is -2.42. The van der Waals surface area contributed by atoms with Crippen molar-refractivity contribution >= 4 is 7.82 Å². The summed E-state index contributed by atoms with van der Waals surface area (Å²) in [5.74, 6) is 0. The van der Waals surface area contributed by atoms with Gasteiger partial charge in [-0.25, -0.2) is 4.57 Å². The van der Waals surface area contributed by atoms with Crippen molar-refractivity contribution in [1.82, 2.24) is 0 Å². The van der Waals surface area contributed by atoms with Crippen LogP contribution in [0, 0.1) is 5.41 Å². The van der Waals surface area contributed by atoms with Crippen molar-refractivity contribution < 1.29 is 24.0 Å². The van der Waals surface area contributed by atoms with E-state index >= 15 is 0 Å². The predicted octanol–water partition coefficient (Wildman–Crippen LogP) is 7.31. The smallest absolute Gasteiger partial charge is 0.396 e. The molecule has 33 heavy (non-hydrogen) atoms. The Bertz CT molecular complexity index is 830. The molecule has 0 aromatic heterocycles. The van der Waals surface area contributed by atoms with Gasteiger partial charge in [0.05, 0.1) is 6.61 Å². The highest BCUT2D eigenvalue weighted by atomic mass is 31.2. The Morgan fingerprint density at radius 3 is 1.64 bits per heavy atom. The van der Waals surface area contributed by atoms with Crippen molar-refractivity contribution in [3.63, 3.8) is 0 Å². The molecule has 0 aliphatic heterocycles. The first-order chi connectivity index (χ1) is 14.7. The largest absolute Gasteiger partial charge is 0.470 e. The summed E-state index contributed by atoms with van der Waals surface area (Å²) in [5, 5.41) is 10.6. The summed E-state index contributed by atoms with van der Waals surface area (Å²) in [5.41, 5.74) is 2.75. The van der Waals surface area contributed by atoms with Gasteiger partial charge in [-0.15, -0.1) is 0 Å². The van der Waals surface area contributed by atoms with Gasteiger partial charge < -0.3 is 14.9 Å². The Morgan fingerprint density at radius 2 is 1.30 bits per heavy atom. The number of hydrogen-bond acceptors (Lipinski definition) is 3. The van der Waals surface area contributed by atoms with Crippen LogP contribution in [0.2, 0.25) is 0 Å². The zero-order chi connectivity index (χ0) is 26.0. The van der Waals surface area contributed by atoms with E-state index in [1.165, 1.54) is 5.56 Å². The fourth-order valence-corrected chi connectivity index (χ4v) is 5.27. The molecule has 0 saturated heterocycles. The van der Waals surface area contributed by atoms with Crippen molar-refractivity contribution in [1.29, 1.82) is 0 Å². The number of aliphatic hydroxyl groups excluding tert-OH is 1. The van der Waals surface area contributed by atoms with Gasteiger partial charge in [-0.2, -0.15) is 0 Å². The van der Waals surface area contributed by atoms with Gasteiger partial charge >= 0.3 is 7.82 Å². The highest BCUT2D eigenvalue weighted by molar-refractivity contribution is 7.46. The molecule has 0 bridgehead atoms. The number of rotatable bonds is 9. The zero-order valence-electron chi connectivity index (χ0n) is 22.9. The third kappa shape index (κ3) is 7.64. The topological polar surface area (TPSA) is 87.0 Å². The molecule has 1 aromatic carbocycles. The fourth-order valence-electron chi connectivity index (χ4n) is 4.66. The second kappa shape index (κ2) is 10.5. The van der Waals surface area contributed by atoms with E-state index in [9.17, 15) is 19.5 Å². The third-order valence-corrected chi connectivity index (χ3v) is 7.23. The van der Waals surface area contributed by atoms with Crippen LogP contribution in [0.1, 0.15) is 130 Å². The van der Waals surface area contributed by atoms with Crippen molar-refractivity contribution in [3.8, 4) is 0 Å². The summed E-state index contributed by atoms with van der Waals surface area (Å²) >= 11 is 0. The van der Waals surface area contributed by atoms with Gasteiger partial charge in [0.15, 0.2) is 0 Å². The number of phosphoric ester groups is 1. The fraction of sp³-hybridized carbons (Fsp3) is 0.778. The molecular formula is C27H49O5P. The van der Waals surface area contributed by atoms with Gasteiger partial charge in [0.2, 0.25) is 0 Å². The van der Waals surface area contributed by atoms with Gasteiger partial charge in [-0.05, 0) is 51.3 Å². The molecule has 1 aromatic rings. The first kappa shape index (κ1) is 30.3. The van der Waals surface area contributed by atoms with Crippen LogP contribution >= 0.6 is 7.82 Å². The molecular weight excluding hydrogens is 435 g/mol. The molecule has 6 heteroatoms. The molecule has 0 saturated carbocycles. The van der Waals surface area contributed by atoms with Gasteiger partial charge in [-0.3, -0.25) is 4.52 Å². The Labute approximate surface area is 202 Å². The van der Waals surface area contributed by atoms with E-state index in [-0.39, 0.29) is 22.9 Å². The molecule has 2 unspecified atom stereocenters. The van der Waals surface area contributed by atoms with Crippen molar-refractivity contribution in [3.05, 3.63) is 34.4 Å². The molecule has 192 valence electrons. The molecule has 0 heterocycles. The van der Waals surface area contributed by atoms with Crippen molar-refractivity contribution in [2.24, 2.45) is 5.41 Å². The van der Waals surface area contributed by atoms with Crippen LogP contribution in [0.4, 0.5) is 0 Å². The van der Waals surface area contributed by atoms with E-state index in [0.29, 0.717) is 12.8 Å². The monoisotopic (exact) mass is 484 g/mol. The number of phosphoric acid groups is 1. The molecule has 0 amide bonds. The lowest BCUT2D eigenvalue weighted by Crippen LogP contribution is -2.36. The predicted molar refractivity (Wildman–Crippen MR) is 138 cm³/mol. The SMILES string of the molecule is CCCCC(CC)(CO)C(OP(=O)(O)O)c1cc(C(C)(C)C)c(C(C)(C)C)cc1C(C)(C)C. The molecule has 2 atom stereocenters.